The summed E-state index contributed by atoms with van der Waals surface area (Å²) in [5, 5.41) is 5.35. The Bertz CT molecular complexity index is 601. The molecule has 0 spiro atoms. The van der Waals surface area contributed by atoms with Crippen LogP contribution in [0.5, 0.6) is 0 Å². The van der Waals surface area contributed by atoms with E-state index in [1.807, 2.05) is 0 Å². The van der Waals surface area contributed by atoms with E-state index in [2.05, 4.69) is 31.5 Å². The number of hydrogen-bond acceptors (Lipinski definition) is 3. The molecule has 0 fully saturated rings. The number of carbonyl (C=O) groups excluding carboxylic acids is 1. The second kappa shape index (κ2) is 5.79. The molecule has 1 aromatic heterocycles. The number of carbonyl (C=O) groups is 1. The van der Waals surface area contributed by atoms with Crippen molar-refractivity contribution in [3.63, 3.8) is 0 Å². The topological polar surface area (TPSA) is 54.0 Å². The van der Waals surface area contributed by atoms with Crippen LogP contribution in [0.15, 0.2) is 41.0 Å². The lowest BCUT2D eigenvalue weighted by atomic mass is 10.2. The first-order chi connectivity index (χ1) is 9.10. The zero-order chi connectivity index (χ0) is 13.8. The Morgan fingerprint density at radius 2 is 2.11 bits per heavy atom. The molecule has 0 saturated heterocycles. The summed E-state index contributed by atoms with van der Waals surface area (Å²) in [6, 6.07) is 7.73. The lowest BCUT2D eigenvalue weighted by molar-refractivity contribution is 0.102. The molecule has 1 heterocycles. The number of nitrogens with one attached hydrogen (secondary N) is 2. The smallest absolute Gasteiger partial charge is 0.257 e. The predicted octanol–water partition coefficient (Wildman–Crippen LogP) is 3.28. The van der Waals surface area contributed by atoms with Crippen molar-refractivity contribution in [2.75, 3.05) is 17.7 Å². The van der Waals surface area contributed by atoms with E-state index < -0.39 is 11.7 Å². The first-order valence-corrected chi connectivity index (χ1v) is 6.29. The van der Waals surface area contributed by atoms with Crippen LogP contribution in [0, 0.1) is 5.82 Å². The summed E-state index contributed by atoms with van der Waals surface area (Å²) in [6.45, 7) is 0. The van der Waals surface area contributed by atoms with E-state index in [9.17, 15) is 9.18 Å². The number of rotatable bonds is 3. The van der Waals surface area contributed by atoms with Crippen LogP contribution in [0.3, 0.4) is 0 Å². The number of hydrogen-bond donors (Lipinski definition) is 2. The summed E-state index contributed by atoms with van der Waals surface area (Å²) in [6.07, 6.45) is 1.43. The minimum atomic E-state index is -0.498. The minimum Gasteiger partial charge on any atom is -0.373 e. The Kier molecular flexibility index (Phi) is 4.11. The van der Waals surface area contributed by atoms with Crippen molar-refractivity contribution in [3.8, 4) is 0 Å². The molecule has 0 atom stereocenters. The number of aromatic nitrogens is 1. The Morgan fingerprint density at radius 3 is 2.68 bits per heavy atom. The first-order valence-electron chi connectivity index (χ1n) is 5.50. The lowest BCUT2D eigenvalue weighted by Crippen LogP contribution is -2.13. The number of amides is 1. The SMILES string of the molecule is CNc1ccc(C(=O)Nc2ccc(Br)cc2F)cn1. The quantitative estimate of drug-likeness (QED) is 0.911. The molecule has 19 heavy (non-hydrogen) atoms. The standard InChI is InChI=1S/C13H11BrFN3O/c1-16-12-5-2-8(7-17-12)13(19)18-11-4-3-9(14)6-10(11)15/h2-7H,1H3,(H,16,17)(H,18,19). The average Bonchev–Trinajstić information content (AvgIpc) is 2.42. The molecule has 2 rings (SSSR count). The van der Waals surface area contributed by atoms with Gasteiger partial charge >= 0.3 is 0 Å². The van der Waals surface area contributed by atoms with Gasteiger partial charge in [0.25, 0.3) is 5.91 Å². The van der Waals surface area contributed by atoms with Crippen LogP contribution in [-0.4, -0.2) is 17.9 Å². The molecule has 0 bridgehead atoms. The zero-order valence-electron chi connectivity index (χ0n) is 10.1. The van der Waals surface area contributed by atoms with Crippen LogP contribution < -0.4 is 10.6 Å². The van der Waals surface area contributed by atoms with Gasteiger partial charge in [-0.25, -0.2) is 9.37 Å². The van der Waals surface area contributed by atoms with E-state index in [0.717, 1.165) is 0 Å². The van der Waals surface area contributed by atoms with Crippen molar-refractivity contribution < 1.29 is 9.18 Å². The van der Waals surface area contributed by atoms with Crippen molar-refractivity contribution in [1.29, 1.82) is 0 Å². The van der Waals surface area contributed by atoms with Gasteiger partial charge in [0, 0.05) is 17.7 Å². The van der Waals surface area contributed by atoms with Crippen LogP contribution in [0.25, 0.3) is 0 Å². The summed E-state index contributed by atoms with van der Waals surface area (Å²) in [7, 11) is 1.74. The Balaban J connectivity index is 2.15. The third kappa shape index (κ3) is 3.29. The maximum Gasteiger partial charge on any atom is 0.257 e. The Hall–Kier alpha value is -1.95. The van der Waals surface area contributed by atoms with Crippen LogP contribution in [-0.2, 0) is 0 Å². The highest BCUT2D eigenvalue weighted by Gasteiger charge is 2.10. The lowest BCUT2D eigenvalue weighted by Gasteiger charge is -2.07. The Labute approximate surface area is 118 Å². The summed E-state index contributed by atoms with van der Waals surface area (Å²) < 4.78 is 14.2. The van der Waals surface area contributed by atoms with Crippen LogP contribution in [0.2, 0.25) is 0 Å². The second-order valence-corrected chi connectivity index (χ2v) is 4.68. The van der Waals surface area contributed by atoms with Gasteiger partial charge in [-0.2, -0.15) is 0 Å². The van der Waals surface area contributed by atoms with Crippen molar-refractivity contribution in [2.24, 2.45) is 0 Å². The van der Waals surface area contributed by atoms with Crippen molar-refractivity contribution in [1.82, 2.24) is 4.98 Å². The minimum absolute atomic E-state index is 0.130. The van der Waals surface area contributed by atoms with Crippen molar-refractivity contribution in [2.45, 2.75) is 0 Å². The number of anilines is 2. The van der Waals surface area contributed by atoms with Gasteiger partial charge in [-0.3, -0.25) is 4.79 Å². The third-order valence-corrected chi connectivity index (χ3v) is 2.95. The highest BCUT2D eigenvalue weighted by atomic mass is 79.9. The van der Waals surface area contributed by atoms with Gasteiger partial charge in [-0.15, -0.1) is 0 Å². The molecule has 0 saturated carbocycles. The average molecular weight is 324 g/mol. The molecule has 0 radical (unpaired) electrons. The molecule has 6 heteroatoms. The van der Waals surface area contributed by atoms with Gasteiger partial charge in [0.2, 0.25) is 0 Å². The maximum atomic E-state index is 13.6. The highest BCUT2D eigenvalue weighted by Crippen LogP contribution is 2.20. The summed E-state index contributed by atoms with van der Waals surface area (Å²) in [5.74, 6) is -0.245. The molecule has 2 N–H and O–H groups in total. The molecule has 1 amide bonds. The molecule has 98 valence electrons. The number of benzene rings is 1. The van der Waals surface area contributed by atoms with Gasteiger partial charge in [-0.05, 0) is 30.3 Å². The third-order valence-electron chi connectivity index (χ3n) is 2.46. The second-order valence-electron chi connectivity index (χ2n) is 3.76. The van der Waals surface area contributed by atoms with Gasteiger partial charge < -0.3 is 10.6 Å². The van der Waals surface area contributed by atoms with Gasteiger partial charge in [0.1, 0.15) is 11.6 Å². The van der Waals surface area contributed by atoms with E-state index in [4.69, 9.17) is 0 Å². The fourth-order valence-electron chi connectivity index (χ4n) is 1.46. The summed E-state index contributed by atoms with van der Waals surface area (Å²) in [5.41, 5.74) is 0.493. The largest absolute Gasteiger partial charge is 0.373 e. The number of pyridine rings is 1. The zero-order valence-corrected chi connectivity index (χ0v) is 11.7. The van der Waals surface area contributed by atoms with E-state index in [1.54, 1.807) is 25.2 Å². The predicted molar refractivity (Wildman–Crippen MR) is 75.8 cm³/mol. The number of nitrogens with zero attached hydrogens (tertiary/aromatic N) is 1. The Morgan fingerprint density at radius 1 is 1.32 bits per heavy atom. The molecule has 0 aliphatic carbocycles. The molecular weight excluding hydrogens is 313 g/mol. The van der Waals surface area contributed by atoms with Crippen molar-refractivity contribution >= 4 is 33.3 Å². The highest BCUT2D eigenvalue weighted by molar-refractivity contribution is 9.10. The molecule has 4 nitrogen and oxygen atoms in total. The van der Waals surface area contributed by atoms with Crippen molar-refractivity contribution in [3.05, 3.63) is 52.4 Å². The summed E-state index contributed by atoms with van der Waals surface area (Å²) >= 11 is 3.15. The van der Waals surface area contributed by atoms with E-state index >= 15 is 0 Å². The molecule has 2 aromatic rings. The van der Waals surface area contributed by atoms with E-state index in [0.29, 0.717) is 15.9 Å². The van der Waals surface area contributed by atoms with Gasteiger partial charge in [0.05, 0.1) is 11.3 Å². The van der Waals surface area contributed by atoms with E-state index in [1.165, 1.54) is 18.3 Å². The fourth-order valence-corrected chi connectivity index (χ4v) is 1.79. The van der Waals surface area contributed by atoms with E-state index in [-0.39, 0.29) is 5.69 Å². The summed E-state index contributed by atoms with van der Waals surface area (Å²) in [4.78, 5) is 15.9. The number of halogens is 2. The van der Waals surface area contributed by atoms with Crippen LogP contribution >= 0.6 is 15.9 Å². The molecule has 1 aromatic carbocycles. The monoisotopic (exact) mass is 323 g/mol. The van der Waals surface area contributed by atoms with Gasteiger partial charge in [0.15, 0.2) is 0 Å². The fraction of sp³-hybridized carbons (Fsp3) is 0.0769. The first kappa shape index (κ1) is 13.5. The molecule has 0 aliphatic heterocycles. The molecular formula is C13H11BrFN3O. The van der Waals surface area contributed by atoms with Crippen LogP contribution in [0.4, 0.5) is 15.9 Å². The molecule has 0 unspecified atom stereocenters. The van der Waals surface area contributed by atoms with Gasteiger partial charge in [-0.1, -0.05) is 15.9 Å². The maximum absolute atomic E-state index is 13.6. The normalized spacial score (nSPS) is 10.1. The molecule has 0 aliphatic rings. The van der Waals surface area contributed by atoms with Crippen LogP contribution in [0.1, 0.15) is 10.4 Å².